The Morgan fingerprint density at radius 1 is 0.969 bits per heavy atom. The molecule has 0 amide bonds. The van der Waals surface area contributed by atoms with Gasteiger partial charge in [-0.3, -0.25) is 0 Å². The lowest BCUT2D eigenvalue weighted by Gasteiger charge is -2.29. The number of benzene rings is 2. The highest BCUT2D eigenvalue weighted by molar-refractivity contribution is 5.90. The molecule has 0 spiro atoms. The first-order chi connectivity index (χ1) is 15.4. The molecule has 2 aromatic rings. The van der Waals surface area contributed by atoms with Crippen LogP contribution in [0.2, 0.25) is 0 Å². The van der Waals surface area contributed by atoms with Gasteiger partial charge in [-0.15, -0.1) is 0 Å². The lowest BCUT2D eigenvalue weighted by atomic mass is 9.75. The Morgan fingerprint density at radius 3 is 2.31 bits per heavy atom. The zero-order chi connectivity index (χ0) is 23.7. The van der Waals surface area contributed by atoms with Crippen LogP contribution in [0.5, 0.6) is 0 Å². The molecule has 0 nitrogen and oxygen atoms in total. The molecule has 0 heteroatoms. The van der Waals surface area contributed by atoms with Gasteiger partial charge >= 0.3 is 0 Å². The lowest BCUT2D eigenvalue weighted by molar-refractivity contribution is 0.737. The van der Waals surface area contributed by atoms with Crippen LogP contribution in [0.3, 0.4) is 0 Å². The maximum Gasteiger partial charge on any atom is 0.0127 e. The number of hydrogen-bond donors (Lipinski definition) is 0. The van der Waals surface area contributed by atoms with Crippen LogP contribution >= 0.6 is 0 Å². The molecule has 0 aliphatic heterocycles. The van der Waals surface area contributed by atoms with Gasteiger partial charge in [0.1, 0.15) is 0 Å². The molecule has 0 aromatic heterocycles. The summed E-state index contributed by atoms with van der Waals surface area (Å²) in [4.78, 5) is 0. The van der Waals surface area contributed by atoms with Crippen molar-refractivity contribution in [3.63, 3.8) is 0 Å². The third-order valence-corrected chi connectivity index (χ3v) is 5.44. The Labute approximate surface area is 196 Å². The number of fused-ring (bicyclic) bond motifs is 2. The van der Waals surface area contributed by atoms with Gasteiger partial charge < -0.3 is 0 Å². The monoisotopic (exact) mass is 424 g/mol. The molecule has 32 heavy (non-hydrogen) atoms. The quantitative estimate of drug-likeness (QED) is 0.427. The van der Waals surface area contributed by atoms with E-state index in [0.717, 1.165) is 17.9 Å². The maximum atomic E-state index is 4.50. The third-order valence-electron chi connectivity index (χ3n) is 5.44. The van der Waals surface area contributed by atoms with Crippen LogP contribution in [-0.2, 0) is 0 Å². The van der Waals surface area contributed by atoms with Crippen LogP contribution in [-0.4, -0.2) is 0 Å². The first kappa shape index (κ1) is 25.4. The fourth-order valence-corrected chi connectivity index (χ4v) is 4.01. The summed E-state index contributed by atoms with van der Waals surface area (Å²) < 4.78 is 0. The van der Waals surface area contributed by atoms with Gasteiger partial charge in [-0.1, -0.05) is 126 Å². The van der Waals surface area contributed by atoms with Gasteiger partial charge in [-0.25, -0.2) is 0 Å². The second kappa shape index (κ2) is 12.2. The number of allylic oxidation sites excluding steroid dienone is 8. The summed E-state index contributed by atoms with van der Waals surface area (Å²) in [5, 5.41) is 0. The van der Waals surface area contributed by atoms with Gasteiger partial charge in [-0.05, 0) is 65.2 Å². The molecule has 0 radical (unpaired) electrons. The minimum absolute atomic E-state index is 0.380. The predicted octanol–water partition coefficient (Wildman–Crippen LogP) is 9.70. The molecule has 0 saturated carbocycles. The number of rotatable bonds is 1. The largest absolute Gasteiger partial charge is 0.0908 e. The molecule has 2 aromatic carbocycles. The van der Waals surface area contributed by atoms with E-state index in [9.17, 15) is 0 Å². The first-order valence-corrected chi connectivity index (χ1v) is 12.0. The summed E-state index contributed by atoms with van der Waals surface area (Å²) in [5.41, 5.74) is 10.2. The Hall–Kier alpha value is -2.86. The Bertz CT molecular complexity index is 1030. The molecule has 0 heterocycles. The van der Waals surface area contributed by atoms with Crippen LogP contribution in [0.25, 0.3) is 17.2 Å². The minimum Gasteiger partial charge on any atom is -0.0908 e. The van der Waals surface area contributed by atoms with Crippen molar-refractivity contribution in [2.75, 3.05) is 0 Å². The van der Waals surface area contributed by atoms with Crippen molar-refractivity contribution in [3.05, 3.63) is 113 Å². The summed E-state index contributed by atoms with van der Waals surface area (Å²) in [6.07, 6.45) is 12.5. The number of hydrogen-bond acceptors (Lipinski definition) is 0. The zero-order valence-corrected chi connectivity index (χ0v) is 21.1. The molecule has 168 valence electrons. The smallest absolute Gasteiger partial charge is 0.0127 e. The van der Waals surface area contributed by atoms with Crippen LogP contribution in [0.4, 0.5) is 0 Å². The van der Waals surface area contributed by atoms with Crippen molar-refractivity contribution in [2.45, 2.75) is 54.9 Å². The van der Waals surface area contributed by atoms with Crippen molar-refractivity contribution in [3.8, 4) is 0 Å². The zero-order valence-electron chi connectivity index (χ0n) is 21.1. The van der Waals surface area contributed by atoms with Crippen LogP contribution in [0.1, 0.15) is 70.2 Å². The highest BCUT2D eigenvalue weighted by atomic mass is 14.3. The Kier molecular flexibility index (Phi) is 9.72. The van der Waals surface area contributed by atoms with E-state index in [1.807, 2.05) is 13.8 Å². The Morgan fingerprint density at radius 2 is 1.66 bits per heavy atom. The van der Waals surface area contributed by atoms with Crippen molar-refractivity contribution < 1.29 is 0 Å². The van der Waals surface area contributed by atoms with E-state index in [-0.39, 0.29) is 0 Å². The van der Waals surface area contributed by atoms with Crippen LogP contribution in [0, 0.1) is 18.8 Å². The van der Waals surface area contributed by atoms with E-state index in [2.05, 4.69) is 120 Å². The van der Waals surface area contributed by atoms with E-state index in [4.69, 9.17) is 0 Å². The molecular weight excluding hydrogens is 384 g/mol. The molecular formula is C32H40. The molecule has 0 bridgehead atoms. The van der Waals surface area contributed by atoms with Gasteiger partial charge in [0, 0.05) is 5.92 Å². The topological polar surface area (TPSA) is 0 Å². The van der Waals surface area contributed by atoms with Crippen molar-refractivity contribution in [2.24, 2.45) is 11.8 Å². The SMILES string of the molecule is C=C1C2=CC(c3cccc(C)c3)=CCC2C(=CC)/C=C\c2ccccc21.CC.CC(C)C. The molecule has 2 aliphatic rings. The first-order valence-electron chi connectivity index (χ1n) is 12.0. The molecule has 1 unspecified atom stereocenters. The highest BCUT2D eigenvalue weighted by Crippen LogP contribution is 2.42. The normalized spacial score (nSPS) is 19.1. The molecule has 4 rings (SSSR count). The van der Waals surface area contributed by atoms with Gasteiger partial charge in [0.2, 0.25) is 0 Å². The van der Waals surface area contributed by atoms with Crippen LogP contribution in [0.15, 0.2) is 90.6 Å². The Balaban J connectivity index is 0.000000547. The van der Waals surface area contributed by atoms with E-state index in [0.29, 0.717) is 5.92 Å². The fraction of sp³-hybridized carbons (Fsp3) is 0.312. The molecule has 0 fully saturated rings. The van der Waals surface area contributed by atoms with Gasteiger partial charge in [0.15, 0.2) is 0 Å². The molecule has 2 aliphatic carbocycles. The van der Waals surface area contributed by atoms with Gasteiger partial charge in [0.05, 0.1) is 0 Å². The lowest BCUT2D eigenvalue weighted by Crippen LogP contribution is -2.13. The minimum atomic E-state index is 0.380. The average Bonchev–Trinajstić information content (AvgIpc) is 2.79. The summed E-state index contributed by atoms with van der Waals surface area (Å²) >= 11 is 0. The van der Waals surface area contributed by atoms with Gasteiger partial charge in [-0.2, -0.15) is 0 Å². The summed E-state index contributed by atoms with van der Waals surface area (Å²) in [6.45, 7) is 19.3. The van der Waals surface area contributed by atoms with E-state index in [1.54, 1.807) is 0 Å². The predicted molar refractivity (Wildman–Crippen MR) is 145 cm³/mol. The summed E-state index contributed by atoms with van der Waals surface area (Å²) in [7, 11) is 0. The standard InChI is InChI=1S/C26H24.C4H10.C2H6/c1-4-20-12-13-21-9-5-6-11-24(21)19(3)26-17-23(14-15-25(20)26)22-10-7-8-18(2)16-22;1-4(2)3;1-2/h4-14,16-17,25H,3,15H2,1-2H3;4H,1-3H3;1-2H3/b13-12-,20-4?;;. The summed E-state index contributed by atoms with van der Waals surface area (Å²) in [6, 6.07) is 17.3. The fourth-order valence-electron chi connectivity index (χ4n) is 4.01. The van der Waals surface area contributed by atoms with E-state index < -0.39 is 0 Å². The van der Waals surface area contributed by atoms with E-state index in [1.165, 1.54) is 39.0 Å². The van der Waals surface area contributed by atoms with Gasteiger partial charge in [0.25, 0.3) is 0 Å². The summed E-state index contributed by atoms with van der Waals surface area (Å²) in [5.74, 6) is 1.21. The van der Waals surface area contributed by atoms with Crippen LogP contribution < -0.4 is 0 Å². The highest BCUT2D eigenvalue weighted by Gasteiger charge is 2.25. The molecule has 0 saturated heterocycles. The molecule has 0 N–H and O–H groups in total. The average molecular weight is 425 g/mol. The van der Waals surface area contributed by atoms with E-state index >= 15 is 0 Å². The molecule has 1 atom stereocenters. The second-order valence-corrected chi connectivity index (χ2v) is 8.84. The maximum absolute atomic E-state index is 4.50. The number of aryl methyl sites for hydroxylation is 1. The van der Waals surface area contributed by atoms with Crippen molar-refractivity contribution >= 4 is 17.2 Å². The van der Waals surface area contributed by atoms with Crippen molar-refractivity contribution in [1.82, 2.24) is 0 Å². The second-order valence-electron chi connectivity index (χ2n) is 8.84. The third kappa shape index (κ3) is 6.33. The van der Waals surface area contributed by atoms with Crippen molar-refractivity contribution in [1.29, 1.82) is 0 Å².